The standard InChI is InChI=1S/C20H22O3/c1-14-13-16-8-4-6-10-18(16)22-20(14,2)23-19-12-11-15-7-3-5-9-17(15)21-19/h3-10,14,19H,11-13H2,1-2H3. The first-order chi connectivity index (χ1) is 11.1. The highest BCUT2D eigenvalue weighted by molar-refractivity contribution is 5.36. The maximum absolute atomic E-state index is 6.30. The molecule has 120 valence electrons. The molecule has 0 fully saturated rings. The monoisotopic (exact) mass is 310 g/mol. The average molecular weight is 310 g/mol. The zero-order valence-electron chi connectivity index (χ0n) is 13.6. The predicted molar refractivity (Wildman–Crippen MR) is 88.6 cm³/mol. The Labute approximate surface area is 137 Å². The van der Waals surface area contributed by atoms with Crippen molar-refractivity contribution in [1.82, 2.24) is 0 Å². The SMILES string of the molecule is CC1Cc2ccccc2OC1(C)OC1CCc2ccccc2O1. The van der Waals surface area contributed by atoms with Crippen molar-refractivity contribution in [3.63, 3.8) is 0 Å². The topological polar surface area (TPSA) is 27.7 Å². The molecule has 0 bridgehead atoms. The van der Waals surface area contributed by atoms with Gasteiger partial charge >= 0.3 is 0 Å². The molecule has 0 aromatic heterocycles. The van der Waals surface area contributed by atoms with Gasteiger partial charge in [0.25, 0.3) is 0 Å². The van der Waals surface area contributed by atoms with Crippen LogP contribution in [0.25, 0.3) is 0 Å². The Balaban J connectivity index is 1.53. The maximum Gasteiger partial charge on any atom is 0.214 e. The van der Waals surface area contributed by atoms with Crippen molar-refractivity contribution in [1.29, 1.82) is 0 Å². The highest BCUT2D eigenvalue weighted by atomic mass is 16.8. The molecular formula is C20H22O3. The summed E-state index contributed by atoms with van der Waals surface area (Å²) in [7, 11) is 0. The predicted octanol–water partition coefficient (Wildman–Crippen LogP) is 4.34. The molecule has 0 radical (unpaired) electrons. The molecule has 0 amide bonds. The van der Waals surface area contributed by atoms with Gasteiger partial charge in [0.15, 0.2) is 0 Å². The van der Waals surface area contributed by atoms with E-state index in [1.54, 1.807) is 0 Å². The summed E-state index contributed by atoms with van der Waals surface area (Å²) in [5.41, 5.74) is 2.50. The van der Waals surface area contributed by atoms with Gasteiger partial charge in [-0.1, -0.05) is 43.3 Å². The zero-order valence-corrected chi connectivity index (χ0v) is 13.6. The van der Waals surface area contributed by atoms with Gasteiger partial charge < -0.3 is 14.2 Å². The van der Waals surface area contributed by atoms with Crippen molar-refractivity contribution in [2.24, 2.45) is 5.92 Å². The molecule has 3 atom stereocenters. The van der Waals surface area contributed by atoms with Gasteiger partial charge in [0.05, 0.1) is 0 Å². The summed E-state index contributed by atoms with van der Waals surface area (Å²) in [6.07, 6.45) is 2.52. The second-order valence-electron chi connectivity index (χ2n) is 6.64. The van der Waals surface area contributed by atoms with E-state index in [0.29, 0.717) is 0 Å². The number of ether oxygens (including phenoxy) is 3. The second kappa shape index (κ2) is 5.57. The van der Waals surface area contributed by atoms with Crippen LogP contribution in [0.1, 0.15) is 31.4 Å². The van der Waals surface area contributed by atoms with Crippen LogP contribution < -0.4 is 9.47 Å². The number of aryl methyl sites for hydroxylation is 1. The first kappa shape index (κ1) is 14.6. The molecule has 2 aliphatic rings. The molecule has 4 rings (SSSR count). The van der Waals surface area contributed by atoms with E-state index in [4.69, 9.17) is 14.2 Å². The largest absolute Gasteiger partial charge is 0.465 e. The van der Waals surface area contributed by atoms with Crippen molar-refractivity contribution in [3.8, 4) is 11.5 Å². The van der Waals surface area contributed by atoms with Gasteiger partial charge in [0.2, 0.25) is 12.1 Å². The lowest BCUT2D eigenvalue weighted by Gasteiger charge is -2.43. The molecular weight excluding hydrogens is 288 g/mol. The van der Waals surface area contributed by atoms with E-state index in [2.05, 4.69) is 25.1 Å². The van der Waals surface area contributed by atoms with Crippen LogP contribution in [-0.4, -0.2) is 12.1 Å². The summed E-state index contributed by atoms with van der Waals surface area (Å²) in [5, 5.41) is 0. The Hall–Kier alpha value is -2.00. The molecule has 0 aliphatic carbocycles. The van der Waals surface area contributed by atoms with E-state index in [0.717, 1.165) is 30.8 Å². The molecule has 2 heterocycles. The number of rotatable bonds is 2. The number of para-hydroxylation sites is 2. The summed E-state index contributed by atoms with van der Waals surface area (Å²) in [4.78, 5) is 0. The first-order valence-corrected chi connectivity index (χ1v) is 8.33. The fourth-order valence-corrected chi connectivity index (χ4v) is 3.39. The highest BCUT2D eigenvalue weighted by Crippen LogP contribution is 2.39. The van der Waals surface area contributed by atoms with Crippen molar-refractivity contribution >= 4 is 0 Å². The van der Waals surface area contributed by atoms with E-state index < -0.39 is 5.79 Å². The lowest BCUT2D eigenvalue weighted by atomic mass is 9.90. The molecule has 0 N–H and O–H groups in total. The van der Waals surface area contributed by atoms with Crippen LogP contribution in [0.15, 0.2) is 48.5 Å². The quantitative estimate of drug-likeness (QED) is 0.826. The minimum absolute atomic E-state index is 0.261. The van der Waals surface area contributed by atoms with E-state index in [1.807, 2.05) is 37.3 Å². The third-order valence-corrected chi connectivity index (χ3v) is 4.95. The van der Waals surface area contributed by atoms with Gasteiger partial charge in [-0.2, -0.15) is 0 Å². The van der Waals surface area contributed by atoms with Crippen molar-refractivity contribution < 1.29 is 14.2 Å². The maximum atomic E-state index is 6.30. The second-order valence-corrected chi connectivity index (χ2v) is 6.64. The minimum Gasteiger partial charge on any atom is -0.465 e. The highest BCUT2D eigenvalue weighted by Gasteiger charge is 2.42. The molecule has 3 heteroatoms. The summed E-state index contributed by atoms with van der Waals surface area (Å²) >= 11 is 0. The fourth-order valence-electron chi connectivity index (χ4n) is 3.39. The van der Waals surface area contributed by atoms with Crippen LogP contribution in [0.5, 0.6) is 11.5 Å². The van der Waals surface area contributed by atoms with E-state index in [9.17, 15) is 0 Å². The number of benzene rings is 2. The Morgan fingerprint density at radius 2 is 1.70 bits per heavy atom. The van der Waals surface area contributed by atoms with Gasteiger partial charge in [-0.25, -0.2) is 0 Å². The number of hydrogen-bond donors (Lipinski definition) is 0. The zero-order chi connectivity index (χ0) is 15.9. The number of fused-ring (bicyclic) bond motifs is 2. The van der Waals surface area contributed by atoms with Crippen LogP contribution in [0.2, 0.25) is 0 Å². The molecule has 0 saturated heterocycles. The molecule has 2 aromatic carbocycles. The van der Waals surface area contributed by atoms with Gasteiger partial charge in [0, 0.05) is 19.3 Å². The van der Waals surface area contributed by atoms with Crippen LogP contribution >= 0.6 is 0 Å². The lowest BCUT2D eigenvalue weighted by Crippen LogP contribution is -2.49. The van der Waals surface area contributed by atoms with Gasteiger partial charge in [0.1, 0.15) is 11.5 Å². The number of hydrogen-bond acceptors (Lipinski definition) is 3. The van der Waals surface area contributed by atoms with Crippen LogP contribution in [0.3, 0.4) is 0 Å². The van der Waals surface area contributed by atoms with Crippen molar-refractivity contribution in [3.05, 3.63) is 59.7 Å². The summed E-state index contributed by atoms with van der Waals surface area (Å²) in [5.74, 6) is 1.45. The Morgan fingerprint density at radius 1 is 1.00 bits per heavy atom. The molecule has 2 aliphatic heterocycles. The minimum atomic E-state index is -0.661. The van der Waals surface area contributed by atoms with Gasteiger partial charge in [-0.15, -0.1) is 0 Å². The third kappa shape index (κ3) is 2.70. The molecule has 0 saturated carbocycles. The van der Waals surface area contributed by atoms with Crippen LogP contribution in [0.4, 0.5) is 0 Å². The summed E-state index contributed by atoms with van der Waals surface area (Å²) in [6, 6.07) is 16.4. The third-order valence-electron chi connectivity index (χ3n) is 4.95. The molecule has 2 aromatic rings. The van der Waals surface area contributed by atoms with Crippen LogP contribution in [0, 0.1) is 5.92 Å². The Kier molecular flexibility index (Phi) is 3.53. The van der Waals surface area contributed by atoms with Crippen molar-refractivity contribution in [2.75, 3.05) is 0 Å². The average Bonchev–Trinajstić information content (AvgIpc) is 2.56. The Morgan fingerprint density at radius 3 is 2.52 bits per heavy atom. The summed E-state index contributed by atoms with van der Waals surface area (Å²) in [6.45, 7) is 4.20. The van der Waals surface area contributed by atoms with Gasteiger partial charge in [-0.3, -0.25) is 0 Å². The van der Waals surface area contributed by atoms with Crippen LogP contribution in [-0.2, 0) is 17.6 Å². The van der Waals surface area contributed by atoms with E-state index >= 15 is 0 Å². The Bertz CT molecular complexity index is 712. The molecule has 3 unspecified atom stereocenters. The first-order valence-electron chi connectivity index (χ1n) is 8.33. The normalized spacial score (nSPS) is 29.0. The van der Waals surface area contributed by atoms with E-state index in [1.165, 1.54) is 11.1 Å². The molecule has 0 spiro atoms. The lowest BCUT2D eigenvalue weighted by molar-refractivity contribution is -0.276. The van der Waals surface area contributed by atoms with Gasteiger partial charge in [-0.05, 0) is 36.1 Å². The van der Waals surface area contributed by atoms with E-state index in [-0.39, 0.29) is 12.2 Å². The molecule has 23 heavy (non-hydrogen) atoms. The summed E-state index contributed by atoms with van der Waals surface area (Å²) < 4.78 is 18.6. The fraction of sp³-hybridized carbons (Fsp3) is 0.400. The van der Waals surface area contributed by atoms with Crippen molar-refractivity contribution in [2.45, 2.75) is 45.2 Å². The smallest absolute Gasteiger partial charge is 0.214 e. The molecule has 3 nitrogen and oxygen atoms in total.